The molecule has 0 atom stereocenters. The summed E-state index contributed by atoms with van der Waals surface area (Å²) >= 11 is 0. The molecule has 5 nitrogen and oxygen atoms in total. The van der Waals surface area contributed by atoms with Crippen LogP contribution in [0.25, 0.3) is 0 Å². The van der Waals surface area contributed by atoms with Gasteiger partial charge in [-0.2, -0.15) is 0 Å². The van der Waals surface area contributed by atoms with E-state index in [-0.39, 0.29) is 0 Å². The van der Waals surface area contributed by atoms with Crippen LogP contribution < -0.4 is 11.5 Å². The largest absolute Gasteiger partial charge is 0.565 e. The third-order valence-electron chi connectivity index (χ3n) is 3.50. The van der Waals surface area contributed by atoms with Gasteiger partial charge < -0.3 is 24.7 Å². The summed E-state index contributed by atoms with van der Waals surface area (Å²) in [6.45, 7) is 3.80. The van der Waals surface area contributed by atoms with Crippen molar-refractivity contribution in [3.05, 3.63) is 60.4 Å². The van der Waals surface area contributed by atoms with Gasteiger partial charge >= 0.3 is 8.80 Å². The highest BCUT2D eigenvalue weighted by Gasteiger charge is 2.41. The highest BCUT2D eigenvalue weighted by atomic mass is 28.4. The molecular weight excluding hydrogens is 308 g/mol. The van der Waals surface area contributed by atoms with E-state index in [0.29, 0.717) is 18.2 Å². The van der Waals surface area contributed by atoms with Crippen LogP contribution in [0.1, 0.15) is 18.4 Å². The van der Waals surface area contributed by atoms with Crippen LogP contribution >= 0.6 is 0 Å². The first-order valence-corrected chi connectivity index (χ1v) is 9.65. The summed E-state index contributed by atoms with van der Waals surface area (Å²) in [5.74, 6) is 0.668. The van der Waals surface area contributed by atoms with E-state index in [0.717, 1.165) is 12.8 Å². The number of benzene rings is 1. The molecule has 0 heterocycles. The van der Waals surface area contributed by atoms with Crippen LogP contribution in [0.4, 0.5) is 0 Å². The molecule has 0 saturated carbocycles. The first-order chi connectivity index (χ1) is 11.0. The zero-order valence-electron chi connectivity index (χ0n) is 14.0. The topological polar surface area (TPSA) is 79.7 Å². The van der Waals surface area contributed by atoms with Crippen LogP contribution in [-0.2, 0) is 19.7 Å². The SMILES string of the molecule is C=CC(=CCCc1ccccc1)O[Si](CCC(N)N)(OC)OC. The van der Waals surface area contributed by atoms with Crippen molar-refractivity contribution >= 4 is 8.80 Å². The molecule has 0 aromatic heterocycles. The fourth-order valence-electron chi connectivity index (χ4n) is 2.14. The minimum Gasteiger partial charge on any atom is -0.501 e. The summed E-state index contributed by atoms with van der Waals surface area (Å²) in [6, 6.07) is 10.8. The van der Waals surface area contributed by atoms with Gasteiger partial charge in [-0.25, -0.2) is 0 Å². The average Bonchev–Trinajstić information content (AvgIpc) is 2.58. The van der Waals surface area contributed by atoms with E-state index in [4.69, 9.17) is 24.7 Å². The lowest BCUT2D eigenvalue weighted by Gasteiger charge is -2.28. The van der Waals surface area contributed by atoms with Crippen LogP contribution in [0.3, 0.4) is 0 Å². The molecule has 0 spiro atoms. The summed E-state index contributed by atoms with van der Waals surface area (Å²) in [4.78, 5) is 0. The van der Waals surface area contributed by atoms with Crippen molar-refractivity contribution in [3.63, 3.8) is 0 Å². The summed E-state index contributed by atoms with van der Waals surface area (Å²) in [7, 11) is 0.352. The first kappa shape index (κ1) is 19.6. The molecule has 0 aliphatic rings. The Kier molecular flexibility index (Phi) is 8.82. The molecule has 0 aliphatic carbocycles. The van der Waals surface area contributed by atoms with Crippen molar-refractivity contribution in [1.29, 1.82) is 0 Å². The number of aryl methyl sites for hydroxylation is 1. The lowest BCUT2D eigenvalue weighted by atomic mass is 10.1. The molecule has 4 N–H and O–H groups in total. The molecule has 1 aromatic carbocycles. The van der Waals surface area contributed by atoms with Crippen LogP contribution in [0.5, 0.6) is 0 Å². The normalized spacial score (nSPS) is 12.5. The van der Waals surface area contributed by atoms with Crippen molar-refractivity contribution in [3.8, 4) is 0 Å². The van der Waals surface area contributed by atoms with Crippen molar-refractivity contribution in [1.82, 2.24) is 0 Å². The van der Waals surface area contributed by atoms with Gasteiger partial charge in [0.2, 0.25) is 0 Å². The third-order valence-corrected chi connectivity index (χ3v) is 6.19. The van der Waals surface area contributed by atoms with Gasteiger partial charge in [-0.05, 0) is 37.0 Å². The number of nitrogens with two attached hydrogens (primary N) is 2. The molecule has 0 amide bonds. The number of hydrogen-bond acceptors (Lipinski definition) is 5. The summed E-state index contributed by atoms with van der Waals surface area (Å²) in [6.07, 6.45) is 5.62. The Bertz CT molecular complexity index is 488. The first-order valence-electron chi connectivity index (χ1n) is 7.72. The molecule has 128 valence electrons. The number of hydrogen-bond donors (Lipinski definition) is 2. The molecule has 6 heteroatoms. The fourth-order valence-corrected chi connectivity index (χ4v) is 4.19. The van der Waals surface area contributed by atoms with E-state index < -0.39 is 15.0 Å². The second-order valence-corrected chi connectivity index (χ2v) is 8.12. The Morgan fingerprint density at radius 3 is 2.39 bits per heavy atom. The van der Waals surface area contributed by atoms with Crippen LogP contribution in [-0.4, -0.2) is 29.2 Å². The van der Waals surface area contributed by atoms with Crippen molar-refractivity contribution in [2.24, 2.45) is 11.5 Å². The Labute approximate surface area is 140 Å². The quantitative estimate of drug-likeness (QED) is 0.281. The van der Waals surface area contributed by atoms with E-state index in [9.17, 15) is 0 Å². The van der Waals surface area contributed by atoms with Gasteiger partial charge in [0.1, 0.15) is 5.76 Å². The monoisotopic (exact) mass is 336 g/mol. The van der Waals surface area contributed by atoms with Gasteiger partial charge in [-0.15, -0.1) is 0 Å². The summed E-state index contributed by atoms with van der Waals surface area (Å²) in [5, 5.41) is 0. The number of allylic oxidation sites excluding steroid dienone is 2. The van der Waals surface area contributed by atoms with Crippen molar-refractivity contribution < 1.29 is 13.3 Å². The van der Waals surface area contributed by atoms with Crippen LogP contribution in [0.2, 0.25) is 6.04 Å². The molecule has 1 aromatic rings. The summed E-state index contributed by atoms with van der Waals surface area (Å²) in [5.41, 5.74) is 12.5. The Morgan fingerprint density at radius 1 is 1.22 bits per heavy atom. The van der Waals surface area contributed by atoms with Crippen LogP contribution in [0, 0.1) is 0 Å². The van der Waals surface area contributed by atoms with Gasteiger partial charge in [0.25, 0.3) is 0 Å². The Morgan fingerprint density at radius 2 is 1.87 bits per heavy atom. The zero-order chi connectivity index (χ0) is 17.1. The van der Waals surface area contributed by atoms with Gasteiger partial charge in [0.15, 0.2) is 0 Å². The van der Waals surface area contributed by atoms with E-state index in [2.05, 4.69) is 18.7 Å². The molecule has 0 saturated heterocycles. The number of rotatable bonds is 11. The van der Waals surface area contributed by atoms with E-state index >= 15 is 0 Å². The second-order valence-electron chi connectivity index (χ2n) is 5.23. The highest BCUT2D eigenvalue weighted by molar-refractivity contribution is 6.60. The Hall–Kier alpha value is -1.44. The van der Waals surface area contributed by atoms with Crippen molar-refractivity contribution in [2.75, 3.05) is 14.2 Å². The average molecular weight is 337 g/mol. The van der Waals surface area contributed by atoms with Gasteiger partial charge in [-0.3, -0.25) is 0 Å². The maximum Gasteiger partial charge on any atom is 0.565 e. The molecule has 0 fully saturated rings. The predicted octanol–water partition coefficient (Wildman–Crippen LogP) is 2.57. The molecule has 0 aliphatic heterocycles. The van der Waals surface area contributed by atoms with Gasteiger partial charge in [0.05, 0.1) is 6.17 Å². The molecule has 0 radical (unpaired) electrons. The predicted molar refractivity (Wildman–Crippen MR) is 95.5 cm³/mol. The highest BCUT2D eigenvalue weighted by Crippen LogP contribution is 2.21. The zero-order valence-corrected chi connectivity index (χ0v) is 15.0. The van der Waals surface area contributed by atoms with Crippen LogP contribution in [0.15, 0.2) is 54.8 Å². The minimum atomic E-state index is -2.82. The lowest BCUT2D eigenvalue weighted by molar-refractivity contribution is 0.131. The standard InChI is InChI=1S/C17H28N2O3Si/c1-4-16(12-8-11-15-9-6-5-7-10-15)22-23(20-2,21-3)14-13-17(18)19/h4-7,9-10,12,17H,1,8,11,13-14,18-19H2,2-3H3. The fraction of sp³-hybridized carbons (Fsp3) is 0.412. The molecular formula is C17H28N2O3Si. The van der Waals surface area contributed by atoms with E-state index in [1.165, 1.54) is 5.56 Å². The summed E-state index contributed by atoms with van der Waals surface area (Å²) < 4.78 is 17.1. The molecule has 0 bridgehead atoms. The second kappa shape index (κ2) is 10.4. The third kappa shape index (κ3) is 7.11. The smallest absolute Gasteiger partial charge is 0.501 e. The molecule has 23 heavy (non-hydrogen) atoms. The molecule has 1 rings (SSSR count). The van der Waals surface area contributed by atoms with Gasteiger partial charge in [-0.1, -0.05) is 36.9 Å². The maximum atomic E-state index is 6.00. The lowest BCUT2D eigenvalue weighted by Crippen LogP contribution is -2.45. The Balaban J connectivity index is 2.66. The maximum absolute atomic E-state index is 6.00. The van der Waals surface area contributed by atoms with Gasteiger partial charge in [0, 0.05) is 20.3 Å². The van der Waals surface area contributed by atoms with E-state index in [1.807, 2.05) is 24.3 Å². The molecule has 0 unspecified atom stereocenters. The van der Waals surface area contributed by atoms with Crippen molar-refractivity contribution in [2.45, 2.75) is 31.5 Å². The van der Waals surface area contributed by atoms with E-state index in [1.54, 1.807) is 20.3 Å². The minimum absolute atomic E-state index is 0.412.